The highest BCUT2D eigenvalue weighted by Gasteiger charge is 2.43. The number of carbonyl (C=O) groups is 1. The Kier molecular flexibility index (Phi) is 5.49. The number of amides is 1. The van der Waals surface area contributed by atoms with Crippen molar-refractivity contribution >= 4 is 6.09 Å². The summed E-state index contributed by atoms with van der Waals surface area (Å²) in [6.45, 7) is 6.47. The highest BCUT2D eigenvalue weighted by atomic mass is 16.6. The first-order chi connectivity index (χ1) is 9.92. The van der Waals surface area contributed by atoms with Gasteiger partial charge in [-0.2, -0.15) is 0 Å². The van der Waals surface area contributed by atoms with Gasteiger partial charge in [-0.05, 0) is 46.5 Å². The summed E-state index contributed by atoms with van der Waals surface area (Å²) >= 11 is 0. The van der Waals surface area contributed by atoms with Crippen molar-refractivity contribution in [2.24, 2.45) is 0 Å². The van der Waals surface area contributed by atoms with Crippen LogP contribution in [0.2, 0.25) is 0 Å². The largest absolute Gasteiger partial charge is 0.444 e. The van der Waals surface area contributed by atoms with Crippen LogP contribution in [0.25, 0.3) is 0 Å². The zero-order valence-electron chi connectivity index (χ0n) is 13.6. The molecule has 5 heteroatoms. The molecule has 5 nitrogen and oxygen atoms in total. The lowest BCUT2D eigenvalue weighted by Crippen LogP contribution is -2.55. The van der Waals surface area contributed by atoms with Gasteiger partial charge in [-0.25, -0.2) is 4.79 Å². The molecule has 0 unspecified atom stereocenters. The number of carbonyl (C=O) groups excluding carboxylic acids is 1. The molecule has 0 aromatic carbocycles. The van der Waals surface area contributed by atoms with Gasteiger partial charge in [0.05, 0.1) is 12.6 Å². The van der Waals surface area contributed by atoms with Crippen LogP contribution in [-0.4, -0.2) is 53.0 Å². The van der Waals surface area contributed by atoms with Gasteiger partial charge < -0.3 is 20.1 Å². The molecule has 21 heavy (non-hydrogen) atoms. The van der Waals surface area contributed by atoms with Gasteiger partial charge in [-0.3, -0.25) is 0 Å². The van der Waals surface area contributed by atoms with Gasteiger partial charge in [-0.15, -0.1) is 0 Å². The van der Waals surface area contributed by atoms with Crippen molar-refractivity contribution in [2.75, 3.05) is 13.2 Å². The molecule has 2 saturated carbocycles. The Balaban J connectivity index is 2.06. The van der Waals surface area contributed by atoms with Gasteiger partial charge in [0, 0.05) is 18.6 Å². The zero-order valence-corrected chi connectivity index (χ0v) is 13.6. The fourth-order valence-corrected chi connectivity index (χ4v) is 3.15. The van der Waals surface area contributed by atoms with E-state index in [1.54, 1.807) is 0 Å². The quantitative estimate of drug-likeness (QED) is 0.817. The molecule has 1 amide bonds. The van der Waals surface area contributed by atoms with Crippen LogP contribution in [0.3, 0.4) is 0 Å². The first-order valence-electron chi connectivity index (χ1n) is 8.28. The maximum Gasteiger partial charge on any atom is 0.410 e. The van der Waals surface area contributed by atoms with Crippen molar-refractivity contribution in [2.45, 2.75) is 83.0 Å². The van der Waals surface area contributed by atoms with E-state index >= 15 is 0 Å². The van der Waals surface area contributed by atoms with Crippen LogP contribution in [0, 0.1) is 0 Å². The van der Waals surface area contributed by atoms with Gasteiger partial charge in [0.25, 0.3) is 0 Å². The second-order valence-corrected chi connectivity index (χ2v) is 7.25. The molecule has 0 heterocycles. The minimum Gasteiger partial charge on any atom is -0.444 e. The molecule has 0 aromatic rings. The molecule has 2 rings (SSSR count). The molecule has 0 spiro atoms. The predicted molar refractivity (Wildman–Crippen MR) is 82.2 cm³/mol. The molecule has 0 radical (unpaired) electrons. The Hall–Kier alpha value is -0.810. The van der Waals surface area contributed by atoms with E-state index < -0.39 is 5.60 Å². The molecular formula is C16H30N2O3. The molecule has 0 aromatic heterocycles. The molecular weight excluding hydrogens is 268 g/mol. The topological polar surface area (TPSA) is 61.8 Å². The number of rotatable bonds is 5. The Morgan fingerprint density at radius 3 is 2.48 bits per heavy atom. The summed E-state index contributed by atoms with van der Waals surface area (Å²) in [5.74, 6) is 0. The summed E-state index contributed by atoms with van der Waals surface area (Å²) in [5, 5.41) is 12.4. The van der Waals surface area contributed by atoms with Crippen LogP contribution in [0.5, 0.6) is 0 Å². The van der Waals surface area contributed by atoms with Crippen LogP contribution >= 0.6 is 0 Å². The van der Waals surface area contributed by atoms with Crippen LogP contribution < -0.4 is 5.32 Å². The van der Waals surface area contributed by atoms with Gasteiger partial charge in [0.1, 0.15) is 5.60 Å². The SMILES string of the molecule is CC(C)(C)OC(=O)N(C1CC1)[C@@H]1CCCC[C@H]1NCCO. The number of aliphatic hydroxyl groups excluding tert-OH is 1. The van der Waals surface area contributed by atoms with E-state index in [9.17, 15) is 4.79 Å². The number of nitrogens with one attached hydrogen (secondary N) is 1. The maximum atomic E-state index is 12.6. The van der Waals surface area contributed by atoms with Gasteiger partial charge in [0.15, 0.2) is 0 Å². The number of hydrogen-bond donors (Lipinski definition) is 2. The van der Waals surface area contributed by atoms with Crippen LogP contribution in [0.4, 0.5) is 4.79 Å². The lowest BCUT2D eigenvalue weighted by atomic mass is 9.89. The summed E-state index contributed by atoms with van der Waals surface area (Å²) in [4.78, 5) is 14.6. The Bertz CT molecular complexity index is 350. The van der Waals surface area contributed by atoms with E-state index in [4.69, 9.17) is 9.84 Å². The Morgan fingerprint density at radius 2 is 1.90 bits per heavy atom. The molecule has 2 N–H and O–H groups in total. The van der Waals surface area contributed by atoms with Crippen LogP contribution in [0.15, 0.2) is 0 Å². The standard InChI is InChI=1S/C16H30N2O3/c1-16(2,3)21-15(20)18(12-8-9-12)14-7-5-4-6-13(14)17-10-11-19/h12-14,17,19H,4-11H2,1-3H3/t13-,14-/m1/s1. The third-order valence-corrected chi connectivity index (χ3v) is 4.15. The monoisotopic (exact) mass is 298 g/mol. The van der Waals surface area contributed by atoms with E-state index in [1.807, 2.05) is 25.7 Å². The Labute approximate surface area is 128 Å². The number of aliphatic hydroxyl groups is 1. The van der Waals surface area contributed by atoms with E-state index in [-0.39, 0.29) is 24.8 Å². The highest BCUT2D eigenvalue weighted by Crippen LogP contribution is 2.35. The highest BCUT2D eigenvalue weighted by molar-refractivity contribution is 5.69. The summed E-state index contributed by atoms with van der Waals surface area (Å²) in [6.07, 6.45) is 6.44. The van der Waals surface area contributed by atoms with E-state index in [1.165, 1.54) is 6.42 Å². The fourth-order valence-electron chi connectivity index (χ4n) is 3.15. The predicted octanol–water partition coefficient (Wildman–Crippen LogP) is 2.28. The lowest BCUT2D eigenvalue weighted by Gasteiger charge is -2.41. The normalized spacial score (nSPS) is 26.5. The first-order valence-corrected chi connectivity index (χ1v) is 8.28. The molecule has 122 valence electrons. The summed E-state index contributed by atoms with van der Waals surface area (Å²) in [6, 6.07) is 0.827. The van der Waals surface area contributed by atoms with Crippen molar-refractivity contribution in [1.29, 1.82) is 0 Å². The number of nitrogens with zero attached hydrogens (tertiary/aromatic N) is 1. The van der Waals surface area contributed by atoms with Crippen LogP contribution in [0.1, 0.15) is 59.3 Å². The molecule has 0 saturated heterocycles. The molecule has 2 fully saturated rings. The Morgan fingerprint density at radius 1 is 1.24 bits per heavy atom. The number of ether oxygens (including phenoxy) is 1. The van der Waals surface area contributed by atoms with E-state index in [0.717, 1.165) is 32.1 Å². The van der Waals surface area contributed by atoms with E-state index in [0.29, 0.717) is 12.6 Å². The van der Waals surface area contributed by atoms with Crippen molar-refractivity contribution in [3.63, 3.8) is 0 Å². The number of hydrogen-bond acceptors (Lipinski definition) is 4. The summed E-state index contributed by atoms with van der Waals surface area (Å²) < 4.78 is 5.62. The molecule has 2 atom stereocenters. The van der Waals surface area contributed by atoms with Crippen molar-refractivity contribution < 1.29 is 14.6 Å². The van der Waals surface area contributed by atoms with Gasteiger partial charge >= 0.3 is 6.09 Å². The molecule has 0 bridgehead atoms. The van der Waals surface area contributed by atoms with E-state index in [2.05, 4.69) is 5.32 Å². The fraction of sp³-hybridized carbons (Fsp3) is 0.938. The second-order valence-electron chi connectivity index (χ2n) is 7.25. The second kappa shape index (κ2) is 6.97. The summed E-state index contributed by atoms with van der Waals surface area (Å²) in [5.41, 5.74) is -0.451. The van der Waals surface area contributed by atoms with Crippen molar-refractivity contribution in [1.82, 2.24) is 10.2 Å². The maximum absolute atomic E-state index is 12.6. The molecule has 0 aliphatic heterocycles. The average molecular weight is 298 g/mol. The zero-order chi connectivity index (χ0) is 15.5. The molecule has 2 aliphatic rings. The minimum absolute atomic E-state index is 0.138. The third kappa shape index (κ3) is 4.85. The van der Waals surface area contributed by atoms with Crippen molar-refractivity contribution in [3.05, 3.63) is 0 Å². The van der Waals surface area contributed by atoms with Crippen molar-refractivity contribution in [3.8, 4) is 0 Å². The average Bonchev–Trinajstić information content (AvgIpc) is 3.20. The lowest BCUT2D eigenvalue weighted by molar-refractivity contribution is 0.00500. The van der Waals surface area contributed by atoms with Gasteiger partial charge in [0.2, 0.25) is 0 Å². The smallest absolute Gasteiger partial charge is 0.410 e. The minimum atomic E-state index is -0.451. The third-order valence-electron chi connectivity index (χ3n) is 4.15. The molecule has 2 aliphatic carbocycles. The first kappa shape index (κ1) is 16.6. The van der Waals surface area contributed by atoms with Gasteiger partial charge in [-0.1, -0.05) is 12.8 Å². The van der Waals surface area contributed by atoms with Crippen LogP contribution in [-0.2, 0) is 4.74 Å². The summed E-state index contributed by atoms with van der Waals surface area (Å²) in [7, 11) is 0.